The molecule has 1 rings (SSSR count). The average molecular weight is 160 g/mol. The molecule has 0 aliphatic carbocycles. The predicted molar refractivity (Wildman–Crippen MR) is 40.3 cm³/mol. The van der Waals surface area contributed by atoms with Crippen LogP contribution < -0.4 is 0 Å². The maximum absolute atomic E-state index is 10.7. The van der Waals surface area contributed by atoms with E-state index in [1.165, 1.54) is 0 Å². The fourth-order valence-electron chi connectivity index (χ4n) is 0.616. The zero-order valence-corrected chi connectivity index (χ0v) is 6.64. The van der Waals surface area contributed by atoms with Crippen molar-refractivity contribution in [1.29, 1.82) is 0 Å². The molecule has 0 N–H and O–H groups in total. The van der Waals surface area contributed by atoms with Crippen LogP contribution >= 0.6 is 0 Å². The highest BCUT2D eigenvalue weighted by Crippen LogP contribution is 2.00. The van der Waals surface area contributed by atoms with Gasteiger partial charge in [-0.2, -0.15) is 0 Å². The third kappa shape index (κ3) is 1.41. The van der Waals surface area contributed by atoms with E-state index in [1.807, 2.05) is 0 Å². The lowest BCUT2D eigenvalue weighted by atomic mass is 10.4. The van der Waals surface area contributed by atoms with Gasteiger partial charge < -0.3 is 0 Å². The number of nitrogens with zero attached hydrogens (tertiary/aromatic N) is 2. The Labute approximate surface area is 59.6 Å². The van der Waals surface area contributed by atoms with Crippen LogP contribution in [0.2, 0.25) is 0 Å². The van der Waals surface area contributed by atoms with Gasteiger partial charge >= 0.3 is 0 Å². The van der Waals surface area contributed by atoms with Crippen molar-refractivity contribution in [2.75, 3.05) is 12.8 Å². The minimum atomic E-state index is -3.17. The maximum Gasteiger partial charge on any atom is 0.242 e. The summed E-state index contributed by atoms with van der Waals surface area (Å²) in [6.07, 6.45) is 1.11. The molecule has 10 heavy (non-hydrogen) atoms. The summed E-state index contributed by atoms with van der Waals surface area (Å²) in [5.41, 5.74) is 0.750. The first-order valence-corrected chi connectivity index (χ1v) is 4.68. The van der Waals surface area contributed by atoms with Crippen LogP contribution in [0.5, 0.6) is 0 Å². The molecule has 0 aromatic heterocycles. The largest absolute Gasteiger partial charge is 0.250 e. The van der Waals surface area contributed by atoms with Crippen LogP contribution in [0.25, 0.3) is 0 Å². The van der Waals surface area contributed by atoms with Gasteiger partial charge in [-0.3, -0.25) is 4.99 Å². The SMILES string of the molecule is CC1=NC(S(C)(=O)=O)=NC1. The summed E-state index contributed by atoms with van der Waals surface area (Å²) in [6.45, 7) is 2.17. The lowest BCUT2D eigenvalue weighted by Crippen LogP contribution is -2.07. The molecule has 0 unspecified atom stereocenters. The van der Waals surface area contributed by atoms with Crippen molar-refractivity contribution < 1.29 is 8.42 Å². The summed E-state index contributed by atoms with van der Waals surface area (Å²) < 4.78 is 21.5. The Hall–Kier alpha value is -0.710. The molecule has 56 valence electrons. The second-order valence-electron chi connectivity index (χ2n) is 2.22. The van der Waals surface area contributed by atoms with Crippen molar-refractivity contribution >= 4 is 20.7 Å². The highest BCUT2D eigenvalue weighted by Gasteiger charge is 2.16. The van der Waals surface area contributed by atoms with E-state index in [-0.39, 0.29) is 5.17 Å². The van der Waals surface area contributed by atoms with E-state index in [2.05, 4.69) is 9.98 Å². The topological polar surface area (TPSA) is 58.9 Å². The molecule has 0 fully saturated rings. The average Bonchev–Trinajstić information content (AvgIpc) is 2.11. The minimum Gasteiger partial charge on any atom is -0.250 e. The summed E-state index contributed by atoms with van der Waals surface area (Å²) in [4.78, 5) is 7.45. The fourth-order valence-corrected chi connectivity index (χ4v) is 1.24. The minimum absolute atomic E-state index is 0.0370. The van der Waals surface area contributed by atoms with E-state index in [0.717, 1.165) is 12.0 Å². The van der Waals surface area contributed by atoms with Crippen molar-refractivity contribution in [2.45, 2.75) is 6.92 Å². The quantitative estimate of drug-likeness (QED) is 0.495. The first-order valence-electron chi connectivity index (χ1n) is 2.79. The Morgan fingerprint density at radius 1 is 1.50 bits per heavy atom. The second kappa shape index (κ2) is 2.16. The van der Waals surface area contributed by atoms with Gasteiger partial charge in [0.2, 0.25) is 15.0 Å². The van der Waals surface area contributed by atoms with Gasteiger partial charge in [0, 0.05) is 12.0 Å². The van der Waals surface area contributed by atoms with Gasteiger partial charge in [0.05, 0.1) is 6.54 Å². The van der Waals surface area contributed by atoms with Gasteiger partial charge in [0.15, 0.2) is 0 Å². The van der Waals surface area contributed by atoms with E-state index in [4.69, 9.17) is 0 Å². The standard InChI is InChI=1S/C5H8N2O2S/c1-4-3-6-5(7-4)10(2,8)9/h3H2,1-2H3. The van der Waals surface area contributed by atoms with Crippen LogP contribution in [-0.2, 0) is 9.84 Å². The van der Waals surface area contributed by atoms with Crippen molar-refractivity contribution in [3.8, 4) is 0 Å². The van der Waals surface area contributed by atoms with Crippen LogP contribution in [0.3, 0.4) is 0 Å². The highest BCUT2D eigenvalue weighted by molar-refractivity contribution is 8.05. The van der Waals surface area contributed by atoms with E-state index in [0.29, 0.717) is 6.54 Å². The maximum atomic E-state index is 10.7. The molecule has 0 saturated carbocycles. The van der Waals surface area contributed by atoms with Crippen LogP contribution in [0.15, 0.2) is 9.98 Å². The van der Waals surface area contributed by atoms with E-state index >= 15 is 0 Å². The van der Waals surface area contributed by atoms with Gasteiger partial charge in [-0.25, -0.2) is 13.4 Å². The Morgan fingerprint density at radius 3 is 2.30 bits per heavy atom. The number of rotatable bonds is 0. The molecule has 0 aromatic carbocycles. The van der Waals surface area contributed by atoms with Gasteiger partial charge in [-0.1, -0.05) is 0 Å². The second-order valence-corrected chi connectivity index (χ2v) is 4.13. The smallest absolute Gasteiger partial charge is 0.242 e. The fraction of sp³-hybridized carbons (Fsp3) is 0.600. The number of aliphatic imine (C=N–C) groups is 2. The van der Waals surface area contributed by atoms with E-state index in [9.17, 15) is 8.42 Å². The molecule has 1 heterocycles. The molecule has 1 aliphatic rings. The Balaban J connectivity index is 3.00. The Kier molecular flexibility index (Phi) is 1.60. The van der Waals surface area contributed by atoms with Gasteiger partial charge in [-0.05, 0) is 6.92 Å². The van der Waals surface area contributed by atoms with E-state index in [1.54, 1.807) is 6.92 Å². The van der Waals surface area contributed by atoms with Crippen molar-refractivity contribution in [1.82, 2.24) is 0 Å². The van der Waals surface area contributed by atoms with Crippen molar-refractivity contribution in [3.63, 3.8) is 0 Å². The zero-order chi connectivity index (χ0) is 7.78. The molecule has 0 atom stereocenters. The van der Waals surface area contributed by atoms with Gasteiger partial charge in [0.1, 0.15) is 0 Å². The monoisotopic (exact) mass is 160 g/mol. The molecule has 0 bridgehead atoms. The molecule has 4 nitrogen and oxygen atoms in total. The molecule has 0 radical (unpaired) electrons. The summed E-state index contributed by atoms with van der Waals surface area (Å²) >= 11 is 0. The van der Waals surface area contributed by atoms with Crippen LogP contribution in [-0.4, -0.2) is 32.1 Å². The van der Waals surface area contributed by atoms with Crippen LogP contribution in [0, 0.1) is 0 Å². The first-order chi connectivity index (χ1) is 4.50. The summed E-state index contributed by atoms with van der Waals surface area (Å²) in [7, 11) is -3.17. The molecular weight excluding hydrogens is 152 g/mol. The van der Waals surface area contributed by atoms with Crippen molar-refractivity contribution in [2.24, 2.45) is 9.98 Å². The van der Waals surface area contributed by atoms with Crippen LogP contribution in [0.1, 0.15) is 6.92 Å². The van der Waals surface area contributed by atoms with E-state index < -0.39 is 9.84 Å². The summed E-state index contributed by atoms with van der Waals surface area (Å²) in [5.74, 6) is 0. The number of hydrogen-bond donors (Lipinski definition) is 0. The Bertz CT molecular complexity index is 300. The normalized spacial score (nSPS) is 18.6. The number of hydrogen-bond acceptors (Lipinski definition) is 4. The first kappa shape index (κ1) is 7.40. The number of amidine groups is 1. The molecule has 0 amide bonds. The number of sulfone groups is 1. The summed E-state index contributed by atoms with van der Waals surface area (Å²) in [6, 6.07) is 0. The molecule has 0 aromatic rings. The summed E-state index contributed by atoms with van der Waals surface area (Å²) in [5, 5.41) is -0.0370. The molecule has 0 saturated heterocycles. The lowest BCUT2D eigenvalue weighted by molar-refractivity contribution is 0.612. The molecule has 0 spiro atoms. The van der Waals surface area contributed by atoms with Crippen molar-refractivity contribution in [3.05, 3.63) is 0 Å². The zero-order valence-electron chi connectivity index (χ0n) is 5.83. The predicted octanol–water partition coefficient (Wildman–Crippen LogP) is -0.138. The third-order valence-electron chi connectivity index (χ3n) is 1.06. The molecular formula is C5H8N2O2S. The third-order valence-corrected chi connectivity index (χ3v) is 1.94. The Morgan fingerprint density at radius 2 is 2.10 bits per heavy atom. The highest BCUT2D eigenvalue weighted by atomic mass is 32.2. The van der Waals surface area contributed by atoms with Gasteiger partial charge in [-0.15, -0.1) is 0 Å². The van der Waals surface area contributed by atoms with Crippen LogP contribution in [0.4, 0.5) is 0 Å². The lowest BCUT2D eigenvalue weighted by Gasteiger charge is -1.88. The molecule has 1 aliphatic heterocycles. The van der Waals surface area contributed by atoms with Gasteiger partial charge in [0.25, 0.3) is 0 Å². The molecule has 5 heteroatoms.